The van der Waals surface area contributed by atoms with E-state index < -0.39 is 0 Å². The average Bonchev–Trinajstić information content (AvgIpc) is 3.16. The zero-order chi connectivity index (χ0) is 19.1. The number of rotatable bonds is 4. The lowest BCUT2D eigenvalue weighted by Crippen LogP contribution is -2.55. The summed E-state index contributed by atoms with van der Waals surface area (Å²) >= 11 is 7.43. The van der Waals surface area contributed by atoms with Crippen LogP contribution in [-0.2, 0) is 0 Å². The largest absolute Gasteiger partial charge is 0.347 e. The Labute approximate surface area is 167 Å². The molecule has 0 radical (unpaired) electrons. The second-order valence-corrected chi connectivity index (χ2v) is 9.42. The highest BCUT2D eigenvalue weighted by atomic mass is 35.5. The zero-order valence-corrected chi connectivity index (χ0v) is 16.8. The maximum Gasteiger partial charge on any atom is 0.263 e. The monoisotopic (exact) mass is 403 g/mol. The van der Waals surface area contributed by atoms with Crippen molar-refractivity contribution in [3.8, 4) is 0 Å². The molecular formula is C20H22ClN3O2S. The molecule has 0 aliphatic heterocycles. The third-order valence-corrected chi connectivity index (χ3v) is 6.91. The molecule has 142 valence electrons. The molecule has 1 aromatic heterocycles. The summed E-state index contributed by atoms with van der Waals surface area (Å²) in [4.78, 5) is 30.2. The molecule has 7 heteroatoms. The minimum Gasteiger partial charge on any atom is -0.347 e. The van der Waals surface area contributed by atoms with Gasteiger partial charge in [-0.15, -0.1) is 11.3 Å². The van der Waals surface area contributed by atoms with Crippen LogP contribution in [0, 0.1) is 6.92 Å². The SMILES string of the molecule is Cc1ncc(C(=O)NC23CCCC(NC(=O)c4cccc(Cl)c4)(CC2)C3)s1. The zero-order valence-electron chi connectivity index (χ0n) is 15.2. The lowest BCUT2D eigenvalue weighted by atomic mass is 9.78. The van der Waals surface area contributed by atoms with Gasteiger partial charge < -0.3 is 10.6 Å². The lowest BCUT2D eigenvalue weighted by molar-refractivity contribution is 0.0834. The maximum absolute atomic E-state index is 12.7. The minimum atomic E-state index is -0.255. The molecule has 0 spiro atoms. The fourth-order valence-corrected chi connectivity index (χ4v) is 5.41. The Morgan fingerprint density at radius 3 is 2.44 bits per heavy atom. The number of hydrogen-bond acceptors (Lipinski definition) is 4. The van der Waals surface area contributed by atoms with Crippen LogP contribution in [0.2, 0.25) is 5.02 Å². The van der Waals surface area contributed by atoms with Crippen molar-refractivity contribution in [3.05, 3.63) is 50.9 Å². The number of nitrogens with zero attached hydrogens (tertiary/aromatic N) is 1. The van der Waals surface area contributed by atoms with Crippen molar-refractivity contribution in [2.75, 3.05) is 0 Å². The fourth-order valence-electron chi connectivity index (χ4n) is 4.54. The topological polar surface area (TPSA) is 71.1 Å². The van der Waals surface area contributed by atoms with Crippen LogP contribution in [0.25, 0.3) is 0 Å². The number of carbonyl (C=O) groups is 2. The molecule has 2 amide bonds. The molecule has 2 bridgehead atoms. The third kappa shape index (κ3) is 3.73. The Morgan fingerprint density at radius 1 is 1.11 bits per heavy atom. The van der Waals surface area contributed by atoms with Crippen molar-refractivity contribution in [3.63, 3.8) is 0 Å². The standard InChI is InChI=1S/C20H22ClN3O2S/c1-13-22-11-16(27-13)18(26)24-20-7-3-6-19(12-20,8-9-20)23-17(25)14-4-2-5-15(21)10-14/h2,4-5,10-11H,3,6-9,12H2,1H3,(H,23,25)(H,24,26). The van der Waals surface area contributed by atoms with Gasteiger partial charge in [-0.1, -0.05) is 17.7 Å². The Bertz CT molecular complexity index is 899. The highest BCUT2D eigenvalue weighted by molar-refractivity contribution is 7.13. The summed E-state index contributed by atoms with van der Waals surface area (Å²) < 4.78 is 0. The molecule has 1 heterocycles. The van der Waals surface area contributed by atoms with E-state index >= 15 is 0 Å². The second-order valence-electron chi connectivity index (χ2n) is 7.75. The van der Waals surface area contributed by atoms with Crippen molar-refractivity contribution in [1.82, 2.24) is 15.6 Å². The van der Waals surface area contributed by atoms with E-state index in [1.54, 1.807) is 30.5 Å². The van der Waals surface area contributed by atoms with Gasteiger partial charge in [0.25, 0.3) is 11.8 Å². The van der Waals surface area contributed by atoms with Crippen LogP contribution in [0.15, 0.2) is 30.5 Å². The van der Waals surface area contributed by atoms with Gasteiger partial charge in [-0.2, -0.15) is 0 Å². The van der Waals surface area contributed by atoms with Crippen molar-refractivity contribution < 1.29 is 9.59 Å². The summed E-state index contributed by atoms with van der Waals surface area (Å²) in [6, 6.07) is 7.00. The van der Waals surface area contributed by atoms with E-state index in [-0.39, 0.29) is 22.9 Å². The molecule has 2 atom stereocenters. The average molecular weight is 404 g/mol. The first-order chi connectivity index (χ1) is 12.9. The van der Waals surface area contributed by atoms with Crippen LogP contribution in [0.4, 0.5) is 0 Å². The molecule has 5 nitrogen and oxygen atoms in total. The quantitative estimate of drug-likeness (QED) is 0.806. The van der Waals surface area contributed by atoms with E-state index in [9.17, 15) is 9.59 Å². The third-order valence-electron chi connectivity index (χ3n) is 5.76. The van der Waals surface area contributed by atoms with Crippen molar-refractivity contribution in [2.24, 2.45) is 0 Å². The van der Waals surface area contributed by atoms with E-state index in [1.165, 1.54) is 11.3 Å². The number of aromatic nitrogens is 1. The van der Waals surface area contributed by atoms with Gasteiger partial charge in [0.2, 0.25) is 0 Å². The summed E-state index contributed by atoms with van der Waals surface area (Å²) in [6.07, 6.45) is 7.04. The van der Waals surface area contributed by atoms with Gasteiger partial charge in [-0.05, 0) is 63.6 Å². The lowest BCUT2D eigenvalue weighted by Gasteiger charge is -2.40. The van der Waals surface area contributed by atoms with Gasteiger partial charge in [0.1, 0.15) is 4.88 Å². The molecule has 2 N–H and O–H groups in total. The molecule has 2 aliphatic rings. The van der Waals surface area contributed by atoms with E-state index in [0.29, 0.717) is 15.5 Å². The molecular weight excluding hydrogens is 382 g/mol. The normalized spacial score (nSPS) is 26.6. The first-order valence-electron chi connectivity index (χ1n) is 9.22. The van der Waals surface area contributed by atoms with Crippen LogP contribution < -0.4 is 10.6 Å². The first kappa shape index (κ1) is 18.4. The van der Waals surface area contributed by atoms with Gasteiger partial charge in [0.05, 0.1) is 11.2 Å². The molecule has 27 heavy (non-hydrogen) atoms. The maximum atomic E-state index is 12.7. The van der Waals surface area contributed by atoms with E-state index in [4.69, 9.17) is 11.6 Å². The Morgan fingerprint density at radius 2 is 1.81 bits per heavy atom. The molecule has 1 aromatic carbocycles. The summed E-state index contributed by atoms with van der Waals surface area (Å²) in [5.74, 6) is -0.154. The molecule has 2 aliphatic carbocycles. The number of nitrogens with one attached hydrogen (secondary N) is 2. The number of hydrogen-bond donors (Lipinski definition) is 2. The van der Waals surface area contributed by atoms with Gasteiger partial charge >= 0.3 is 0 Å². The number of thiazole rings is 1. The van der Waals surface area contributed by atoms with Gasteiger partial charge in [0, 0.05) is 21.7 Å². The highest BCUT2D eigenvalue weighted by Gasteiger charge is 2.52. The predicted molar refractivity (Wildman–Crippen MR) is 106 cm³/mol. The Balaban J connectivity index is 1.48. The smallest absolute Gasteiger partial charge is 0.263 e. The number of carbonyl (C=O) groups excluding carboxylic acids is 2. The number of halogens is 1. The van der Waals surface area contributed by atoms with Crippen LogP contribution in [0.1, 0.15) is 63.6 Å². The first-order valence-corrected chi connectivity index (χ1v) is 10.4. The van der Waals surface area contributed by atoms with E-state index in [1.807, 2.05) is 6.92 Å². The summed E-state index contributed by atoms with van der Waals surface area (Å²) in [5.41, 5.74) is 0.0766. The number of amides is 2. The van der Waals surface area contributed by atoms with Crippen molar-refractivity contribution in [1.29, 1.82) is 0 Å². The highest BCUT2D eigenvalue weighted by Crippen LogP contribution is 2.48. The van der Waals surface area contributed by atoms with E-state index in [0.717, 1.165) is 43.5 Å². The molecule has 4 rings (SSSR count). The summed E-state index contributed by atoms with van der Waals surface area (Å²) in [7, 11) is 0. The Kier molecular flexibility index (Phi) is 4.72. The summed E-state index contributed by atoms with van der Waals surface area (Å²) in [6.45, 7) is 1.90. The molecule has 2 aromatic rings. The van der Waals surface area contributed by atoms with Crippen molar-refractivity contribution >= 4 is 34.8 Å². The molecule has 2 saturated carbocycles. The number of benzene rings is 1. The van der Waals surface area contributed by atoms with Gasteiger partial charge in [-0.3, -0.25) is 9.59 Å². The van der Waals surface area contributed by atoms with Crippen LogP contribution in [0.3, 0.4) is 0 Å². The molecule has 0 saturated heterocycles. The van der Waals surface area contributed by atoms with E-state index in [2.05, 4.69) is 15.6 Å². The predicted octanol–water partition coefficient (Wildman–Crippen LogP) is 4.11. The molecule has 2 unspecified atom stereocenters. The fraction of sp³-hybridized carbons (Fsp3) is 0.450. The van der Waals surface area contributed by atoms with Crippen LogP contribution in [-0.4, -0.2) is 27.9 Å². The van der Waals surface area contributed by atoms with Crippen LogP contribution in [0.5, 0.6) is 0 Å². The summed E-state index contributed by atoms with van der Waals surface area (Å²) in [5, 5.41) is 7.95. The minimum absolute atomic E-state index is 0.0560. The number of fused-ring (bicyclic) bond motifs is 2. The van der Waals surface area contributed by atoms with Crippen molar-refractivity contribution in [2.45, 2.75) is 56.5 Å². The number of aryl methyl sites for hydroxylation is 1. The molecule has 2 fully saturated rings. The van der Waals surface area contributed by atoms with Gasteiger partial charge in [0.15, 0.2) is 0 Å². The second kappa shape index (κ2) is 6.91. The Hall–Kier alpha value is -1.92. The van der Waals surface area contributed by atoms with Gasteiger partial charge in [-0.25, -0.2) is 4.98 Å². The van der Waals surface area contributed by atoms with Crippen LogP contribution >= 0.6 is 22.9 Å².